The molecule has 3 aromatic rings. The first-order valence-corrected chi connectivity index (χ1v) is 10.0. The Hall–Kier alpha value is -3.61. The van der Waals surface area contributed by atoms with E-state index in [1.165, 1.54) is 6.33 Å². The number of nitrogens with zero attached hydrogens (tertiary/aromatic N) is 2. The standard InChI is InChI=1S/C23H24N4O3/c24-21-20(15-9-11-19(12-10-15)30-18-7-2-1-3-8-18)22(26-14-25-21)27-17-6-4-5-16(13-17)23(28)29/h1-3,7-12,14,16-17H,4-6,13H2,(H,28,29)(H3,24,25,26,27)/t16?,17-/m0/s1. The molecule has 2 atom stereocenters. The predicted octanol–water partition coefficient (Wildman–Crippen LogP) is 4.57. The Balaban J connectivity index is 1.55. The van der Waals surface area contributed by atoms with Gasteiger partial charge in [0.25, 0.3) is 0 Å². The summed E-state index contributed by atoms with van der Waals surface area (Å²) in [5.74, 6) is 1.41. The molecule has 4 rings (SSSR count). The van der Waals surface area contributed by atoms with Crippen molar-refractivity contribution < 1.29 is 14.6 Å². The van der Waals surface area contributed by atoms with Gasteiger partial charge in [0.2, 0.25) is 0 Å². The van der Waals surface area contributed by atoms with Crippen LogP contribution < -0.4 is 15.8 Å². The number of carboxylic acids is 1. The molecule has 154 valence electrons. The molecular weight excluding hydrogens is 380 g/mol. The largest absolute Gasteiger partial charge is 0.481 e. The monoisotopic (exact) mass is 404 g/mol. The Bertz CT molecular complexity index is 1010. The van der Waals surface area contributed by atoms with E-state index < -0.39 is 5.97 Å². The second-order valence-corrected chi connectivity index (χ2v) is 7.47. The van der Waals surface area contributed by atoms with Crippen molar-refractivity contribution in [2.24, 2.45) is 5.92 Å². The van der Waals surface area contributed by atoms with Crippen LogP contribution in [0, 0.1) is 5.92 Å². The molecule has 0 aliphatic heterocycles. The van der Waals surface area contributed by atoms with E-state index in [4.69, 9.17) is 10.5 Å². The average molecular weight is 404 g/mol. The van der Waals surface area contributed by atoms with Crippen molar-refractivity contribution >= 4 is 17.6 Å². The summed E-state index contributed by atoms with van der Waals surface area (Å²) in [6.07, 6.45) is 4.48. The minimum absolute atomic E-state index is 0.0357. The first-order valence-electron chi connectivity index (χ1n) is 10.0. The lowest BCUT2D eigenvalue weighted by molar-refractivity contribution is -0.142. The van der Waals surface area contributed by atoms with Gasteiger partial charge >= 0.3 is 5.97 Å². The van der Waals surface area contributed by atoms with Crippen molar-refractivity contribution in [3.63, 3.8) is 0 Å². The highest BCUT2D eigenvalue weighted by molar-refractivity contribution is 5.83. The van der Waals surface area contributed by atoms with Crippen molar-refractivity contribution in [3.05, 3.63) is 60.9 Å². The maximum absolute atomic E-state index is 11.4. The number of rotatable bonds is 6. The summed E-state index contributed by atoms with van der Waals surface area (Å²) in [7, 11) is 0. The molecule has 1 aliphatic carbocycles. The van der Waals surface area contributed by atoms with Gasteiger partial charge in [0.1, 0.15) is 29.5 Å². The van der Waals surface area contributed by atoms with E-state index in [9.17, 15) is 9.90 Å². The van der Waals surface area contributed by atoms with Gasteiger partial charge in [-0.2, -0.15) is 0 Å². The number of para-hydroxylation sites is 1. The average Bonchev–Trinajstić information content (AvgIpc) is 2.76. The molecule has 1 saturated carbocycles. The molecule has 7 nitrogen and oxygen atoms in total. The SMILES string of the molecule is Nc1ncnc(N[C@H]2CCCC(C(=O)O)C2)c1-c1ccc(Oc2ccccc2)cc1. The van der Waals surface area contributed by atoms with Gasteiger partial charge in [-0.15, -0.1) is 0 Å². The van der Waals surface area contributed by atoms with Gasteiger partial charge in [-0.1, -0.05) is 36.8 Å². The minimum atomic E-state index is -0.738. The molecule has 2 aromatic carbocycles. The summed E-state index contributed by atoms with van der Waals surface area (Å²) < 4.78 is 5.85. The third-order valence-corrected chi connectivity index (χ3v) is 5.36. The number of nitrogens with two attached hydrogens (primary N) is 1. The molecule has 7 heteroatoms. The zero-order chi connectivity index (χ0) is 20.9. The fourth-order valence-electron chi connectivity index (χ4n) is 3.85. The summed E-state index contributed by atoms with van der Waals surface area (Å²) in [5.41, 5.74) is 7.75. The molecule has 30 heavy (non-hydrogen) atoms. The summed E-state index contributed by atoms with van der Waals surface area (Å²) in [4.78, 5) is 19.9. The number of nitrogens with one attached hydrogen (secondary N) is 1. The third-order valence-electron chi connectivity index (χ3n) is 5.36. The maximum atomic E-state index is 11.4. The Morgan fingerprint density at radius 1 is 1.03 bits per heavy atom. The van der Waals surface area contributed by atoms with Gasteiger partial charge < -0.3 is 20.9 Å². The predicted molar refractivity (Wildman–Crippen MR) is 115 cm³/mol. The number of carboxylic acid groups (broad SMARTS) is 1. The molecular formula is C23H24N4O3. The van der Waals surface area contributed by atoms with Crippen LogP contribution in [0.4, 0.5) is 11.6 Å². The molecule has 0 saturated heterocycles. The van der Waals surface area contributed by atoms with Crippen molar-refractivity contribution in [2.75, 3.05) is 11.1 Å². The molecule has 0 amide bonds. The Labute approximate surface area is 174 Å². The van der Waals surface area contributed by atoms with Gasteiger partial charge in [-0.05, 0) is 49.1 Å². The number of nitrogen functional groups attached to an aromatic ring is 1. The van der Waals surface area contributed by atoms with Crippen molar-refractivity contribution in [2.45, 2.75) is 31.7 Å². The zero-order valence-electron chi connectivity index (χ0n) is 16.5. The minimum Gasteiger partial charge on any atom is -0.481 e. The summed E-state index contributed by atoms with van der Waals surface area (Å²) >= 11 is 0. The molecule has 4 N–H and O–H groups in total. The zero-order valence-corrected chi connectivity index (χ0v) is 16.5. The van der Waals surface area contributed by atoms with E-state index in [0.717, 1.165) is 30.6 Å². The van der Waals surface area contributed by atoms with E-state index in [-0.39, 0.29) is 12.0 Å². The number of aliphatic carboxylic acids is 1. The normalized spacial score (nSPS) is 18.5. The van der Waals surface area contributed by atoms with Crippen molar-refractivity contribution in [1.82, 2.24) is 9.97 Å². The van der Waals surface area contributed by atoms with Gasteiger partial charge in [-0.25, -0.2) is 9.97 Å². The van der Waals surface area contributed by atoms with Crippen LogP contribution >= 0.6 is 0 Å². The van der Waals surface area contributed by atoms with Crippen molar-refractivity contribution in [1.29, 1.82) is 0 Å². The lowest BCUT2D eigenvalue weighted by atomic mass is 9.85. The Kier molecular flexibility index (Phi) is 5.79. The van der Waals surface area contributed by atoms with Crippen LogP contribution in [0.1, 0.15) is 25.7 Å². The molecule has 0 radical (unpaired) electrons. The van der Waals surface area contributed by atoms with Crippen LogP contribution in [-0.4, -0.2) is 27.1 Å². The van der Waals surface area contributed by atoms with E-state index in [1.807, 2.05) is 54.6 Å². The number of anilines is 2. The molecule has 1 fully saturated rings. The molecule has 1 aliphatic rings. The number of ether oxygens (including phenoxy) is 1. The first-order chi connectivity index (χ1) is 14.6. The Morgan fingerprint density at radius 3 is 2.50 bits per heavy atom. The second-order valence-electron chi connectivity index (χ2n) is 7.47. The van der Waals surface area contributed by atoms with Crippen LogP contribution in [0.2, 0.25) is 0 Å². The molecule has 1 unspecified atom stereocenters. The Morgan fingerprint density at radius 2 is 1.77 bits per heavy atom. The number of benzene rings is 2. The lowest BCUT2D eigenvalue weighted by Gasteiger charge is -2.28. The quantitative estimate of drug-likeness (QED) is 0.552. The van der Waals surface area contributed by atoms with Gasteiger partial charge in [0.15, 0.2) is 0 Å². The van der Waals surface area contributed by atoms with Crippen molar-refractivity contribution in [3.8, 4) is 22.6 Å². The summed E-state index contributed by atoms with van der Waals surface area (Å²) in [6.45, 7) is 0. The second kappa shape index (κ2) is 8.82. The molecule has 1 aromatic heterocycles. The molecule has 0 spiro atoms. The number of carbonyl (C=O) groups is 1. The molecule has 0 bridgehead atoms. The van der Waals surface area contributed by atoms with Crippen LogP contribution in [0.5, 0.6) is 11.5 Å². The number of aromatic nitrogens is 2. The third kappa shape index (κ3) is 4.51. The fraction of sp³-hybridized carbons (Fsp3) is 0.261. The highest BCUT2D eigenvalue weighted by atomic mass is 16.5. The van der Waals surface area contributed by atoms with Crippen LogP contribution in [0.25, 0.3) is 11.1 Å². The van der Waals surface area contributed by atoms with Gasteiger partial charge in [0, 0.05) is 6.04 Å². The first kappa shape index (κ1) is 19.7. The van der Waals surface area contributed by atoms with Crippen LogP contribution in [0.15, 0.2) is 60.9 Å². The van der Waals surface area contributed by atoms with E-state index >= 15 is 0 Å². The highest BCUT2D eigenvalue weighted by Gasteiger charge is 2.28. The topological polar surface area (TPSA) is 110 Å². The van der Waals surface area contributed by atoms with Crippen LogP contribution in [-0.2, 0) is 4.79 Å². The highest BCUT2D eigenvalue weighted by Crippen LogP contribution is 2.35. The van der Waals surface area contributed by atoms with Gasteiger partial charge in [0.05, 0.1) is 11.5 Å². The van der Waals surface area contributed by atoms with E-state index in [2.05, 4.69) is 15.3 Å². The fourth-order valence-corrected chi connectivity index (χ4v) is 3.85. The van der Waals surface area contributed by atoms with E-state index in [0.29, 0.717) is 29.4 Å². The van der Waals surface area contributed by atoms with Crippen LogP contribution in [0.3, 0.4) is 0 Å². The molecule has 1 heterocycles. The summed E-state index contributed by atoms with van der Waals surface area (Å²) in [6, 6.07) is 17.2. The summed E-state index contributed by atoms with van der Waals surface area (Å²) in [5, 5.41) is 12.7. The number of hydrogen-bond acceptors (Lipinski definition) is 6. The van der Waals surface area contributed by atoms with E-state index in [1.54, 1.807) is 0 Å². The smallest absolute Gasteiger partial charge is 0.306 e. The maximum Gasteiger partial charge on any atom is 0.306 e. The van der Waals surface area contributed by atoms with Gasteiger partial charge in [-0.3, -0.25) is 4.79 Å². The number of hydrogen-bond donors (Lipinski definition) is 3. The lowest BCUT2D eigenvalue weighted by Crippen LogP contribution is -2.31.